The number of rotatable bonds is 2. The lowest BCUT2D eigenvalue weighted by molar-refractivity contribution is 0.332. The van der Waals surface area contributed by atoms with Gasteiger partial charge in [0.15, 0.2) is 0 Å². The van der Waals surface area contributed by atoms with Crippen LogP contribution in [0.5, 0.6) is 0 Å². The standard InChI is InChI=1S/C72H75BN2OS2/c1-66(2,3)40-20-22-41(23-21-40)75-55-39-60-44(45-34-51-53(37-58(45)77-60)71(12,13)30-28-69(51,8)9)33-47(55)61-62-56(36-46-43-18-16-17-19-57(43)76-64(46)61)74(42-24-25-49-50(32-42)68(6,7)27-26-67(49,4)5)63-48-35-52-54(38-59(48)78-65(63)73(62)75)72(14,15)31-29-70(52,10)11/h16-25,32-39H,26-31H2,1-15H3. The van der Waals surface area contributed by atoms with Crippen molar-refractivity contribution in [2.24, 2.45) is 0 Å². The zero-order valence-corrected chi connectivity index (χ0v) is 50.5. The van der Waals surface area contributed by atoms with E-state index >= 15 is 0 Å². The summed E-state index contributed by atoms with van der Waals surface area (Å²) in [5.41, 5.74) is 22.9. The molecule has 0 atom stereocenters. The van der Waals surface area contributed by atoms with Crippen molar-refractivity contribution in [3.63, 3.8) is 0 Å². The van der Waals surface area contributed by atoms with Gasteiger partial charge in [0.1, 0.15) is 11.2 Å². The van der Waals surface area contributed by atoms with Crippen molar-refractivity contribution in [2.45, 2.75) is 180 Å². The fourth-order valence-corrected chi connectivity index (χ4v) is 17.9. The minimum Gasteiger partial charge on any atom is -0.455 e. The van der Waals surface area contributed by atoms with Crippen molar-refractivity contribution < 1.29 is 4.42 Å². The normalized spacial score (nSPS) is 20.0. The molecule has 394 valence electrons. The smallest absolute Gasteiger partial charge is 0.343 e. The van der Waals surface area contributed by atoms with Crippen molar-refractivity contribution in [3.05, 3.63) is 148 Å². The van der Waals surface area contributed by atoms with E-state index in [4.69, 9.17) is 4.42 Å². The van der Waals surface area contributed by atoms with Gasteiger partial charge < -0.3 is 14.1 Å². The molecule has 7 aromatic carbocycles. The van der Waals surface area contributed by atoms with Crippen LogP contribution >= 0.6 is 22.7 Å². The van der Waals surface area contributed by atoms with Crippen LogP contribution in [0.25, 0.3) is 63.3 Å². The van der Waals surface area contributed by atoms with Crippen molar-refractivity contribution in [1.82, 2.24) is 0 Å². The molecule has 0 bridgehead atoms. The first-order valence-electron chi connectivity index (χ1n) is 29.2. The second kappa shape index (κ2) is 15.5. The fourth-order valence-electron chi connectivity index (χ4n) is 15.5. The Bertz CT molecular complexity index is 4280. The highest BCUT2D eigenvalue weighted by molar-refractivity contribution is 7.32. The molecular formula is C72H75BN2OS2. The first kappa shape index (κ1) is 49.2. The van der Waals surface area contributed by atoms with Gasteiger partial charge in [-0.1, -0.05) is 140 Å². The number of nitrogens with zero attached hydrogens (tertiary/aromatic N) is 2. The van der Waals surface area contributed by atoms with E-state index in [2.05, 4.69) is 223 Å². The highest BCUT2D eigenvalue weighted by atomic mass is 32.1. The Labute approximate surface area is 471 Å². The third-order valence-corrected chi connectivity index (χ3v) is 23.1. The Morgan fingerprint density at radius 2 is 0.974 bits per heavy atom. The summed E-state index contributed by atoms with van der Waals surface area (Å²) in [5, 5.41) is 6.41. The Kier molecular flexibility index (Phi) is 9.81. The van der Waals surface area contributed by atoms with Crippen LogP contribution in [-0.4, -0.2) is 6.85 Å². The van der Waals surface area contributed by atoms with E-state index in [1.807, 2.05) is 22.7 Å². The molecule has 0 spiro atoms. The number of fused-ring (bicyclic) bond motifs is 16. The van der Waals surface area contributed by atoms with Gasteiger partial charge in [-0.15, -0.1) is 22.7 Å². The summed E-state index contributed by atoms with van der Waals surface area (Å²) in [5.74, 6) is 0. The van der Waals surface area contributed by atoms with Gasteiger partial charge >= 0.3 is 6.85 Å². The maximum atomic E-state index is 7.37. The molecule has 0 saturated carbocycles. The lowest BCUT2D eigenvalue weighted by Gasteiger charge is -2.46. The molecule has 0 unspecified atom stereocenters. The van der Waals surface area contributed by atoms with Gasteiger partial charge in [0.2, 0.25) is 0 Å². The summed E-state index contributed by atoms with van der Waals surface area (Å²) < 4.78 is 12.9. The summed E-state index contributed by atoms with van der Waals surface area (Å²) in [6, 6.07) is 44.3. The number of anilines is 5. The second-order valence-corrected chi connectivity index (χ2v) is 31.8. The quantitative estimate of drug-likeness (QED) is 0.161. The Hall–Kier alpha value is -5.82. The molecule has 0 radical (unpaired) electrons. The van der Waals surface area contributed by atoms with Crippen molar-refractivity contribution in [2.75, 3.05) is 9.71 Å². The average molecular weight is 1060 g/mol. The molecule has 5 heterocycles. The van der Waals surface area contributed by atoms with Crippen molar-refractivity contribution >= 4 is 120 Å². The lowest BCUT2D eigenvalue weighted by atomic mass is 9.46. The second-order valence-electron chi connectivity index (χ2n) is 29.7. The maximum absolute atomic E-state index is 7.37. The van der Waals surface area contributed by atoms with Gasteiger partial charge in [0.25, 0.3) is 0 Å². The minimum atomic E-state index is -0.143. The lowest BCUT2D eigenvalue weighted by Crippen LogP contribution is -2.60. The van der Waals surface area contributed by atoms with Gasteiger partial charge in [0.05, 0.1) is 5.69 Å². The molecule has 3 aromatic heterocycles. The maximum Gasteiger partial charge on any atom is 0.343 e. The number of hydrogen-bond donors (Lipinski definition) is 0. The van der Waals surface area contributed by atoms with Crippen LogP contribution in [0.1, 0.15) is 181 Å². The molecule has 3 nitrogen and oxygen atoms in total. The average Bonchev–Trinajstić information content (AvgIpc) is 4.21. The van der Waals surface area contributed by atoms with E-state index in [0.717, 1.165) is 23.0 Å². The zero-order chi connectivity index (χ0) is 54.3. The molecule has 2 aliphatic heterocycles. The third kappa shape index (κ3) is 6.74. The van der Waals surface area contributed by atoms with Crippen LogP contribution in [0.4, 0.5) is 28.4 Å². The number of thiophene rings is 2. The van der Waals surface area contributed by atoms with Gasteiger partial charge in [-0.25, -0.2) is 0 Å². The molecule has 5 aliphatic rings. The van der Waals surface area contributed by atoms with E-state index < -0.39 is 0 Å². The van der Waals surface area contributed by atoms with Gasteiger partial charge in [-0.05, 0) is 194 Å². The van der Waals surface area contributed by atoms with E-state index in [9.17, 15) is 0 Å². The number of para-hydroxylation sites is 1. The van der Waals surface area contributed by atoms with E-state index in [1.165, 1.54) is 156 Å². The number of benzene rings is 7. The molecule has 0 saturated heterocycles. The molecule has 0 fully saturated rings. The first-order valence-corrected chi connectivity index (χ1v) is 30.9. The topological polar surface area (TPSA) is 19.6 Å². The Morgan fingerprint density at radius 3 is 1.59 bits per heavy atom. The molecule has 3 aliphatic carbocycles. The summed E-state index contributed by atoms with van der Waals surface area (Å²) in [6.07, 6.45) is 7.08. The summed E-state index contributed by atoms with van der Waals surface area (Å²) in [6.45, 7) is 36.6. The van der Waals surface area contributed by atoms with Gasteiger partial charge in [0, 0.05) is 79.7 Å². The summed E-state index contributed by atoms with van der Waals surface area (Å²) in [7, 11) is 0. The highest BCUT2D eigenvalue weighted by Gasteiger charge is 2.50. The van der Waals surface area contributed by atoms with Gasteiger partial charge in [-0.2, -0.15) is 0 Å². The van der Waals surface area contributed by atoms with E-state index in [1.54, 1.807) is 0 Å². The van der Waals surface area contributed by atoms with Crippen LogP contribution in [0.3, 0.4) is 0 Å². The predicted molar refractivity (Wildman–Crippen MR) is 340 cm³/mol. The SMILES string of the molecule is CC(C)(C)c1ccc(N2B3c4sc5cc6c(cc5c4N(c4ccc5c(c4)C(C)(C)CCC5(C)C)c4cc5c(oc7ccccc75)c(c43)-c3cc4c(cc32)sc2cc3c(cc24)C(C)(C)CCC3(C)C)C(C)(C)CCC6(C)C)cc1. The predicted octanol–water partition coefficient (Wildman–Crippen LogP) is 20.2. The number of furan rings is 1. The van der Waals surface area contributed by atoms with Crippen LogP contribution < -0.4 is 20.0 Å². The molecular weight excluding hydrogens is 984 g/mol. The van der Waals surface area contributed by atoms with Gasteiger partial charge in [-0.3, -0.25) is 0 Å². The summed E-state index contributed by atoms with van der Waals surface area (Å²) >= 11 is 4.02. The van der Waals surface area contributed by atoms with Crippen LogP contribution in [0, 0.1) is 0 Å². The van der Waals surface area contributed by atoms with Crippen LogP contribution in [0.2, 0.25) is 0 Å². The largest absolute Gasteiger partial charge is 0.455 e. The van der Waals surface area contributed by atoms with E-state index in [-0.39, 0.29) is 44.8 Å². The Balaban J connectivity index is 1.11. The molecule has 6 heteroatoms. The summed E-state index contributed by atoms with van der Waals surface area (Å²) in [4.78, 5) is 5.51. The minimum absolute atomic E-state index is 0.0137. The molecule has 0 N–H and O–H groups in total. The molecule has 78 heavy (non-hydrogen) atoms. The molecule has 15 rings (SSSR count). The highest BCUT2D eigenvalue weighted by Crippen LogP contribution is 2.58. The monoisotopic (exact) mass is 1060 g/mol. The van der Waals surface area contributed by atoms with Crippen molar-refractivity contribution in [1.29, 1.82) is 0 Å². The van der Waals surface area contributed by atoms with Crippen LogP contribution in [-0.2, 0) is 37.9 Å². The van der Waals surface area contributed by atoms with Crippen molar-refractivity contribution in [3.8, 4) is 11.1 Å². The zero-order valence-electron chi connectivity index (χ0n) is 48.8. The van der Waals surface area contributed by atoms with Crippen LogP contribution in [0.15, 0.2) is 114 Å². The molecule has 10 aromatic rings. The fraction of sp³-hybridized carbons (Fsp3) is 0.389. The molecule has 0 amide bonds. The number of hydrogen-bond acceptors (Lipinski definition) is 5. The first-order chi connectivity index (χ1) is 36.7. The Morgan fingerprint density at radius 1 is 0.462 bits per heavy atom. The van der Waals surface area contributed by atoms with E-state index in [0.29, 0.717) is 0 Å². The third-order valence-electron chi connectivity index (χ3n) is 20.8.